The minimum atomic E-state index is -3.69. The molecule has 0 aliphatic carbocycles. The van der Waals surface area contributed by atoms with E-state index < -0.39 is 16.1 Å². The van der Waals surface area contributed by atoms with Gasteiger partial charge < -0.3 is 10.1 Å². The van der Waals surface area contributed by atoms with Crippen LogP contribution in [0.15, 0.2) is 53.4 Å². The van der Waals surface area contributed by atoms with E-state index in [0.717, 1.165) is 11.4 Å². The number of hydrogen-bond donors (Lipinski definition) is 2. The van der Waals surface area contributed by atoms with Gasteiger partial charge in [-0.05, 0) is 55.5 Å². The van der Waals surface area contributed by atoms with Crippen molar-refractivity contribution < 1.29 is 13.2 Å². The summed E-state index contributed by atoms with van der Waals surface area (Å²) in [4.78, 5) is 0.139. The third-order valence-electron chi connectivity index (χ3n) is 3.61. The molecule has 0 spiro atoms. The zero-order valence-electron chi connectivity index (χ0n) is 14.5. The molecule has 0 saturated carbocycles. The number of aromatic nitrogens is 2. The highest BCUT2D eigenvalue weighted by Gasteiger charge is 2.21. The average molecular weight is 425 g/mol. The summed E-state index contributed by atoms with van der Waals surface area (Å²) < 4.78 is 32.6. The zero-order valence-corrected chi connectivity index (χ0v) is 16.9. The van der Waals surface area contributed by atoms with Crippen molar-refractivity contribution in [3.05, 3.63) is 58.6 Å². The van der Waals surface area contributed by atoms with Crippen molar-refractivity contribution in [2.24, 2.45) is 0 Å². The lowest BCUT2D eigenvalue weighted by Gasteiger charge is -2.11. The summed E-state index contributed by atoms with van der Waals surface area (Å²) in [5.74, 6) is 0.753. The minimum absolute atomic E-state index is 0.139. The van der Waals surface area contributed by atoms with Crippen LogP contribution in [0.4, 0.5) is 10.8 Å². The number of halogens is 1. The Balaban J connectivity index is 1.68. The molecule has 3 aromatic rings. The van der Waals surface area contributed by atoms with E-state index in [9.17, 15) is 8.42 Å². The van der Waals surface area contributed by atoms with Gasteiger partial charge >= 0.3 is 0 Å². The van der Waals surface area contributed by atoms with E-state index in [2.05, 4.69) is 20.2 Å². The van der Waals surface area contributed by atoms with Crippen LogP contribution < -0.4 is 14.8 Å². The molecule has 7 nitrogen and oxygen atoms in total. The van der Waals surface area contributed by atoms with Gasteiger partial charge in [0, 0.05) is 10.7 Å². The Morgan fingerprint density at radius 2 is 1.74 bits per heavy atom. The molecule has 10 heteroatoms. The first-order valence-corrected chi connectivity index (χ1v) is 10.6. The quantitative estimate of drug-likeness (QED) is 0.595. The average Bonchev–Trinajstić information content (AvgIpc) is 3.11. The van der Waals surface area contributed by atoms with E-state index >= 15 is 0 Å². The van der Waals surface area contributed by atoms with Crippen molar-refractivity contribution in [2.45, 2.75) is 17.9 Å². The molecule has 1 unspecified atom stereocenters. The largest absolute Gasteiger partial charge is 0.497 e. The summed E-state index contributed by atoms with van der Waals surface area (Å²) in [5, 5.41) is 12.8. The molecular formula is C17H17ClN4O3S2. The van der Waals surface area contributed by atoms with Crippen molar-refractivity contribution in [3.63, 3.8) is 0 Å². The van der Waals surface area contributed by atoms with Gasteiger partial charge in [0.2, 0.25) is 15.2 Å². The number of sulfonamides is 1. The Hall–Kier alpha value is -2.20. The Kier molecular flexibility index (Phi) is 5.95. The first kappa shape index (κ1) is 19.6. The number of benzene rings is 2. The lowest BCUT2D eigenvalue weighted by atomic mass is 10.3. The maximum absolute atomic E-state index is 12.5. The third kappa shape index (κ3) is 4.95. The summed E-state index contributed by atoms with van der Waals surface area (Å²) in [7, 11) is -2.08. The van der Waals surface area contributed by atoms with Gasteiger partial charge in [0.1, 0.15) is 10.8 Å². The van der Waals surface area contributed by atoms with E-state index in [1.165, 1.54) is 35.6 Å². The van der Waals surface area contributed by atoms with Gasteiger partial charge in [-0.1, -0.05) is 22.9 Å². The highest BCUT2D eigenvalue weighted by molar-refractivity contribution is 7.89. The van der Waals surface area contributed by atoms with E-state index in [4.69, 9.17) is 16.3 Å². The fourth-order valence-corrected chi connectivity index (χ4v) is 4.40. The van der Waals surface area contributed by atoms with Gasteiger partial charge in [-0.2, -0.15) is 0 Å². The highest BCUT2D eigenvalue weighted by Crippen LogP contribution is 2.26. The van der Waals surface area contributed by atoms with Crippen LogP contribution in [-0.4, -0.2) is 25.7 Å². The van der Waals surface area contributed by atoms with E-state index in [-0.39, 0.29) is 4.90 Å². The molecule has 0 aliphatic heterocycles. The Bertz CT molecular complexity index is 1010. The van der Waals surface area contributed by atoms with Crippen LogP contribution >= 0.6 is 22.9 Å². The van der Waals surface area contributed by atoms with Gasteiger partial charge in [0.25, 0.3) is 0 Å². The van der Waals surface area contributed by atoms with Crippen LogP contribution in [0.2, 0.25) is 5.02 Å². The van der Waals surface area contributed by atoms with Crippen LogP contribution in [0, 0.1) is 0 Å². The summed E-state index contributed by atoms with van der Waals surface area (Å²) in [6, 6.07) is 12.8. The number of methoxy groups -OCH3 is 1. The molecule has 1 atom stereocenters. The molecule has 2 aromatic carbocycles. The van der Waals surface area contributed by atoms with Gasteiger partial charge in [-0.3, -0.25) is 0 Å². The number of anilines is 2. The number of rotatable bonds is 7. The van der Waals surface area contributed by atoms with Crippen LogP contribution in [0.5, 0.6) is 5.75 Å². The van der Waals surface area contributed by atoms with Crippen molar-refractivity contribution >= 4 is 43.8 Å². The molecule has 0 fully saturated rings. The lowest BCUT2D eigenvalue weighted by molar-refractivity contribution is 0.415. The number of ether oxygens (including phenoxy) is 1. The van der Waals surface area contributed by atoms with Crippen LogP contribution in [0.1, 0.15) is 18.0 Å². The number of hydrogen-bond acceptors (Lipinski definition) is 7. The molecule has 27 heavy (non-hydrogen) atoms. The van der Waals surface area contributed by atoms with Gasteiger partial charge in [0.05, 0.1) is 18.0 Å². The molecule has 0 saturated heterocycles. The van der Waals surface area contributed by atoms with Crippen molar-refractivity contribution in [3.8, 4) is 5.75 Å². The predicted molar refractivity (Wildman–Crippen MR) is 106 cm³/mol. The van der Waals surface area contributed by atoms with Gasteiger partial charge in [-0.15, -0.1) is 10.2 Å². The SMILES string of the molecule is COc1ccc(Nc2nnc(C(C)NS(=O)(=O)c3ccc(Cl)cc3)s2)cc1. The summed E-state index contributed by atoms with van der Waals surface area (Å²) in [6.45, 7) is 1.71. The van der Waals surface area contributed by atoms with Gasteiger partial charge in [-0.25, -0.2) is 13.1 Å². The first-order chi connectivity index (χ1) is 12.9. The molecule has 3 rings (SSSR count). The molecule has 2 N–H and O–H groups in total. The molecule has 1 aromatic heterocycles. The Morgan fingerprint density at radius 1 is 1.07 bits per heavy atom. The second-order valence-corrected chi connectivity index (χ2v) is 8.76. The standard InChI is InChI=1S/C17H17ClN4O3S2/c1-11(22-27(23,24)15-9-3-12(18)4-10-15)16-20-21-17(26-16)19-13-5-7-14(25-2)8-6-13/h3-11,22H,1-2H3,(H,19,21). The zero-order chi connectivity index (χ0) is 19.4. The second kappa shape index (κ2) is 8.22. The topological polar surface area (TPSA) is 93.2 Å². The van der Waals surface area contributed by atoms with E-state index in [1.54, 1.807) is 14.0 Å². The molecule has 142 valence electrons. The molecular weight excluding hydrogens is 408 g/mol. The summed E-state index contributed by atoms with van der Waals surface area (Å²) >= 11 is 7.08. The van der Waals surface area contributed by atoms with Crippen LogP contribution in [0.3, 0.4) is 0 Å². The van der Waals surface area contributed by atoms with Crippen molar-refractivity contribution in [1.29, 1.82) is 0 Å². The molecule has 0 radical (unpaired) electrons. The fourth-order valence-electron chi connectivity index (χ4n) is 2.22. The van der Waals surface area contributed by atoms with Crippen LogP contribution in [-0.2, 0) is 10.0 Å². The summed E-state index contributed by atoms with van der Waals surface area (Å²) in [5.41, 5.74) is 0.827. The van der Waals surface area contributed by atoms with E-state index in [0.29, 0.717) is 15.2 Å². The van der Waals surface area contributed by atoms with Crippen molar-refractivity contribution in [1.82, 2.24) is 14.9 Å². The lowest BCUT2D eigenvalue weighted by Crippen LogP contribution is -2.26. The maximum Gasteiger partial charge on any atom is 0.241 e. The predicted octanol–water partition coefficient (Wildman–Crippen LogP) is 3.98. The second-order valence-electron chi connectivity index (χ2n) is 5.60. The first-order valence-electron chi connectivity index (χ1n) is 7.90. The summed E-state index contributed by atoms with van der Waals surface area (Å²) in [6.07, 6.45) is 0. The maximum atomic E-state index is 12.5. The van der Waals surface area contributed by atoms with Crippen LogP contribution in [0.25, 0.3) is 0 Å². The smallest absolute Gasteiger partial charge is 0.241 e. The molecule has 0 aliphatic rings. The minimum Gasteiger partial charge on any atom is -0.497 e. The number of nitrogens with zero attached hydrogens (tertiary/aromatic N) is 2. The van der Waals surface area contributed by atoms with E-state index in [1.807, 2.05) is 24.3 Å². The normalized spacial score (nSPS) is 12.6. The molecule has 1 heterocycles. The highest BCUT2D eigenvalue weighted by atomic mass is 35.5. The third-order valence-corrected chi connectivity index (χ3v) is 6.44. The Morgan fingerprint density at radius 3 is 2.37 bits per heavy atom. The monoisotopic (exact) mass is 424 g/mol. The van der Waals surface area contributed by atoms with Gasteiger partial charge in [0.15, 0.2) is 0 Å². The molecule has 0 amide bonds. The molecule has 0 bridgehead atoms. The van der Waals surface area contributed by atoms with Crippen molar-refractivity contribution in [2.75, 3.05) is 12.4 Å². The number of nitrogens with one attached hydrogen (secondary N) is 2. The Labute approximate surface area is 166 Å². The fraction of sp³-hybridized carbons (Fsp3) is 0.176.